The maximum atomic E-state index is 15.9. The molecule has 5 heterocycles. The summed E-state index contributed by atoms with van der Waals surface area (Å²) < 4.78 is 23.1. The van der Waals surface area contributed by atoms with Gasteiger partial charge in [-0.1, -0.05) is 73.7 Å². The lowest BCUT2D eigenvalue weighted by molar-refractivity contribution is -0.274. The van der Waals surface area contributed by atoms with Crippen molar-refractivity contribution < 1.29 is 84.1 Å². The zero-order chi connectivity index (χ0) is 53.1. The number of carbonyl (C=O) groups is 4. The van der Waals surface area contributed by atoms with Gasteiger partial charge in [-0.3, -0.25) is 19.2 Å². The van der Waals surface area contributed by atoms with Crippen LogP contribution in [0.25, 0.3) is 0 Å². The van der Waals surface area contributed by atoms with Gasteiger partial charge in [0.2, 0.25) is 5.91 Å². The van der Waals surface area contributed by atoms with Gasteiger partial charge in [0.1, 0.15) is 42.4 Å². The Balaban J connectivity index is 1.10. The monoisotopic (exact) mass is 1040 g/mol. The highest BCUT2D eigenvalue weighted by Crippen LogP contribution is 2.60. The number of hydrogen-bond acceptors (Lipinski definition) is 17. The number of benzene rings is 4. The molecule has 4 aromatic rings. The van der Waals surface area contributed by atoms with E-state index in [0.717, 1.165) is 16.3 Å². The summed E-state index contributed by atoms with van der Waals surface area (Å²) in [6.45, 7) is 6.05. The second-order valence-corrected chi connectivity index (χ2v) is 25.0. The molecular weight excluding hydrogens is 981 g/mol. The fourth-order valence-electron chi connectivity index (χ4n) is 11.6. The average Bonchev–Trinajstić information content (AvgIpc) is 3.85. The summed E-state index contributed by atoms with van der Waals surface area (Å²) in [4.78, 5) is 61.0. The highest BCUT2D eigenvalue weighted by molar-refractivity contribution is 6.91. The lowest BCUT2D eigenvalue weighted by atomic mass is 9.82. The van der Waals surface area contributed by atoms with Crippen LogP contribution in [0, 0.1) is 5.92 Å². The summed E-state index contributed by atoms with van der Waals surface area (Å²) in [5.74, 6) is -2.76. The summed E-state index contributed by atoms with van der Waals surface area (Å²) in [5.41, 5.74) is 1.16. The van der Waals surface area contributed by atoms with Gasteiger partial charge in [0.05, 0.1) is 52.6 Å². The van der Waals surface area contributed by atoms with Crippen LogP contribution in [0.1, 0.15) is 35.6 Å². The second-order valence-electron chi connectivity index (χ2n) is 20.3. The molecule has 4 aromatic carbocycles. The summed E-state index contributed by atoms with van der Waals surface area (Å²) in [7, 11) is -1.29. The zero-order valence-electron chi connectivity index (χ0n) is 41.0. The molecule has 0 radical (unpaired) electrons. The van der Waals surface area contributed by atoms with Crippen molar-refractivity contribution in [3.63, 3.8) is 0 Å². The fourth-order valence-corrected chi connectivity index (χ4v) is 15.6. The molecule has 3 fully saturated rings. The van der Waals surface area contributed by atoms with E-state index in [-0.39, 0.29) is 43.4 Å². The van der Waals surface area contributed by atoms with Crippen LogP contribution in [0.4, 0.5) is 17.1 Å². The summed E-state index contributed by atoms with van der Waals surface area (Å²) in [6.07, 6.45) is -19.5. The molecule has 15 atom stereocenters. The SMILES string of the molecule is COc1ccc([Si](C)(C)[C@@H]2[C@@H](CC(=O)N3Cc4ccccc4C[C@H]3CO)O[C@]3(C(=O)N(Cc4cccc(NC(=O)[C@H]5O[C@@H](O)[C@H](O)[C@@H](O)[C@@H]5O)c4)c4ccc(NC(=O)[C@H]5O[C@@H](O)[C@H](O)[C@@H](O)[C@@H]5O)cc43)[C@H]2C)cc1. The molecule has 3 saturated heterocycles. The maximum absolute atomic E-state index is 15.9. The van der Waals surface area contributed by atoms with Crippen LogP contribution in [-0.2, 0) is 58.5 Å². The van der Waals surface area contributed by atoms with E-state index in [2.05, 4.69) is 23.7 Å². The Morgan fingerprint density at radius 3 is 1.93 bits per heavy atom. The van der Waals surface area contributed by atoms with Gasteiger partial charge in [-0.05, 0) is 71.1 Å². The maximum Gasteiger partial charge on any atom is 0.264 e. The van der Waals surface area contributed by atoms with Crippen molar-refractivity contribution in [2.24, 2.45) is 5.92 Å². The molecule has 396 valence electrons. The molecule has 74 heavy (non-hydrogen) atoms. The number of ether oxygens (including phenoxy) is 4. The number of fused-ring (bicyclic) bond motifs is 3. The van der Waals surface area contributed by atoms with Crippen molar-refractivity contribution in [2.75, 3.05) is 29.3 Å². The molecule has 0 saturated carbocycles. The van der Waals surface area contributed by atoms with Crippen LogP contribution in [-0.4, -0.2) is 170 Å². The lowest BCUT2D eigenvalue weighted by Crippen LogP contribution is -2.60. The van der Waals surface area contributed by atoms with Crippen LogP contribution in [0.5, 0.6) is 5.75 Å². The quantitative estimate of drug-likeness (QED) is 0.0780. The van der Waals surface area contributed by atoms with Gasteiger partial charge < -0.3 is 85.3 Å². The number of rotatable bonds is 12. The Morgan fingerprint density at radius 1 is 0.743 bits per heavy atom. The third kappa shape index (κ3) is 9.41. The van der Waals surface area contributed by atoms with Crippen LogP contribution < -0.4 is 25.5 Å². The first kappa shape index (κ1) is 53.1. The van der Waals surface area contributed by atoms with E-state index in [1.54, 1.807) is 42.3 Å². The fraction of sp³-hybridized carbons (Fsp3) is 0.462. The van der Waals surface area contributed by atoms with E-state index in [1.807, 2.05) is 55.5 Å². The van der Waals surface area contributed by atoms with Crippen molar-refractivity contribution in [3.05, 3.63) is 113 Å². The highest BCUT2D eigenvalue weighted by atomic mass is 28.3. The number of amides is 4. The number of hydrogen-bond donors (Lipinski definition) is 11. The van der Waals surface area contributed by atoms with E-state index in [4.69, 9.17) is 18.9 Å². The van der Waals surface area contributed by atoms with Crippen LogP contribution in [0.2, 0.25) is 18.6 Å². The number of aliphatic hydroxyl groups excluding tert-OH is 9. The number of carbonyl (C=O) groups excluding carboxylic acids is 4. The van der Waals surface area contributed by atoms with Crippen LogP contribution in [0.15, 0.2) is 91.0 Å². The number of anilines is 3. The molecule has 0 aliphatic carbocycles. The van der Waals surface area contributed by atoms with E-state index in [9.17, 15) is 60.3 Å². The molecule has 9 rings (SSSR count). The molecular formula is C52H62N4O17Si. The third-order valence-corrected chi connectivity index (χ3v) is 20.0. The Morgan fingerprint density at radius 2 is 1.34 bits per heavy atom. The van der Waals surface area contributed by atoms with Crippen molar-refractivity contribution in [3.8, 4) is 5.75 Å². The topological polar surface area (TPSA) is 318 Å². The van der Waals surface area contributed by atoms with Gasteiger partial charge in [-0.25, -0.2) is 0 Å². The number of nitrogens with zero attached hydrogens (tertiary/aromatic N) is 2. The third-order valence-electron chi connectivity index (χ3n) is 15.6. The molecule has 5 aliphatic rings. The molecule has 0 aromatic heterocycles. The second kappa shape index (κ2) is 20.8. The van der Waals surface area contributed by atoms with E-state index in [0.29, 0.717) is 29.0 Å². The van der Waals surface area contributed by atoms with Gasteiger partial charge in [-0.2, -0.15) is 0 Å². The average molecular weight is 1040 g/mol. The van der Waals surface area contributed by atoms with E-state index < -0.39 is 116 Å². The van der Waals surface area contributed by atoms with Crippen molar-refractivity contribution in [1.82, 2.24) is 4.90 Å². The van der Waals surface area contributed by atoms with Gasteiger partial charge >= 0.3 is 0 Å². The minimum atomic E-state index is -2.86. The van der Waals surface area contributed by atoms with Gasteiger partial charge in [0.15, 0.2) is 30.4 Å². The first-order valence-corrected chi connectivity index (χ1v) is 27.5. The van der Waals surface area contributed by atoms with Gasteiger partial charge in [0.25, 0.3) is 17.7 Å². The lowest BCUT2D eigenvalue weighted by Gasteiger charge is -2.39. The molecule has 21 nitrogen and oxygen atoms in total. The van der Waals surface area contributed by atoms with Crippen LogP contribution >= 0.6 is 0 Å². The molecule has 0 bridgehead atoms. The number of nitrogens with one attached hydrogen (secondary N) is 2. The van der Waals surface area contributed by atoms with E-state index in [1.165, 1.54) is 17.0 Å². The standard InChI is InChI=1S/C52H62N4O17Si/c1-25-46(74(3,4)33-15-13-32(70-2)14-16-33)36(21-37(58)55-23-28-10-6-5-9-27(28)19-31(55)24-57)73-52(25)34-20-30(54-48(66)45-41(62)39(60)43(64)50(68)72-45)12-17-35(34)56(51(52)69)22-26-8-7-11-29(18-26)53-47(65)44-40(61)38(59)42(63)49(67)71-44/h5-18,20,25,31,36,38-46,49-50,57,59-64,67-68H,19,21-24H2,1-4H3,(H,53,65)(H,54,66)/t25-,31-,36+,38-,39-,40-,41-,42+,43+,44-,45-,46-,49+,50+,52+/m0/s1. The Kier molecular flexibility index (Phi) is 14.9. The molecule has 5 aliphatic heterocycles. The van der Waals surface area contributed by atoms with E-state index >= 15 is 4.79 Å². The Labute approximate surface area is 426 Å². The minimum Gasteiger partial charge on any atom is -0.497 e. The first-order valence-electron chi connectivity index (χ1n) is 24.4. The Bertz CT molecular complexity index is 2770. The number of aliphatic hydroxyl groups is 9. The van der Waals surface area contributed by atoms with Crippen molar-refractivity contribution >= 4 is 54.0 Å². The highest BCUT2D eigenvalue weighted by Gasteiger charge is 2.67. The molecule has 4 amide bonds. The summed E-state index contributed by atoms with van der Waals surface area (Å²) in [5, 5.41) is 99.1. The summed E-state index contributed by atoms with van der Waals surface area (Å²) in [6, 6.07) is 25.9. The molecule has 1 spiro atoms. The van der Waals surface area contributed by atoms with Gasteiger partial charge in [-0.15, -0.1) is 0 Å². The van der Waals surface area contributed by atoms with Crippen LogP contribution in [0.3, 0.4) is 0 Å². The Hall–Kier alpha value is -5.70. The van der Waals surface area contributed by atoms with Gasteiger partial charge in [0, 0.05) is 29.4 Å². The normalized spacial score (nSPS) is 32.7. The largest absolute Gasteiger partial charge is 0.497 e. The first-order chi connectivity index (χ1) is 35.2. The smallest absolute Gasteiger partial charge is 0.264 e. The molecule has 0 unspecified atom stereocenters. The summed E-state index contributed by atoms with van der Waals surface area (Å²) >= 11 is 0. The number of methoxy groups -OCH3 is 1. The van der Waals surface area contributed by atoms with Crippen molar-refractivity contribution in [2.45, 2.75) is 131 Å². The molecule has 11 N–H and O–H groups in total. The predicted octanol–water partition coefficient (Wildman–Crippen LogP) is -0.729. The zero-order valence-corrected chi connectivity index (χ0v) is 42.0. The van der Waals surface area contributed by atoms with Crippen molar-refractivity contribution in [1.29, 1.82) is 0 Å². The minimum absolute atomic E-state index is 0.101. The molecule has 22 heteroatoms. The predicted molar refractivity (Wildman–Crippen MR) is 265 cm³/mol.